The van der Waals surface area contributed by atoms with E-state index >= 15 is 0 Å². The average molecular weight is 401 g/mol. The third kappa shape index (κ3) is 490. The molecule has 0 fully saturated rings. The molecule has 1 radical (unpaired) electrons. The summed E-state index contributed by atoms with van der Waals surface area (Å²) in [5.41, 5.74) is 0. The molecule has 0 bridgehead atoms. The Morgan fingerprint density at radius 1 is 0.312 bits per heavy atom. The molecule has 4 heteroatoms. The summed E-state index contributed by atoms with van der Waals surface area (Å²) in [6.07, 6.45) is 0. The predicted molar refractivity (Wildman–Crippen MR) is 87.6 cm³/mol. The first-order valence-electron chi connectivity index (χ1n) is 6.93. The second-order valence-electron chi connectivity index (χ2n) is 10.4. The largest absolute Gasteiger partial charge is 3.00 e. The molecular formula is C12H36Al3Ce. The van der Waals surface area contributed by atoms with Crippen molar-refractivity contribution in [2.75, 3.05) is 0 Å². The minimum absolute atomic E-state index is 0. The average Bonchev–Trinajstić information content (AvgIpc) is 1.41. The van der Waals surface area contributed by atoms with Gasteiger partial charge < -0.3 is 0 Å². The van der Waals surface area contributed by atoms with Crippen LogP contribution in [-0.2, 0) is 0 Å². The first kappa shape index (κ1) is 27.3. The molecule has 0 atom stereocenters. The molecule has 0 aromatic heterocycles. The monoisotopic (exact) mass is 401 g/mol. The first-order valence-corrected chi connectivity index (χ1v) is 20.8. The van der Waals surface area contributed by atoms with Crippen molar-refractivity contribution in [2.45, 2.75) is 69.4 Å². The molecule has 0 heterocycles. The number of hydrogen-bond donors (Lipinski definition) is 0. The molecule has 0 N–H and O–H groups in total. The van der Waals surface area contributed by atoms with Crippen LogP contribution in [0.3, 0.4) is 0 Å². The summed E-state index contributed by atoms with van der Waals surface area (Å²) in [5.74, 6) is 28.3. The van der Waals surface area contributed by atoms with Gasteiger partial charge in [-0.15, -0.1) is 0 Å². The van der Waals surface area contributed by atoms with E-state index in [9.17, 15) is 0 Å². The maximum Gasteiger partial charge on any atom is 3.00 e. The molecule has 0 aliphatic rings. The van der Waals surface area contributed by atoms with Gasteiger partial charge in [-0.2, -0.15) is 0 Å². The fourth-order valence-electron chi connectivity index (χ4n) is 0. The molecule has 0 aromatic rings. The van der Waals surface area contributed by atoms with Crippen LogP contribution < -0.4 is 0 Å². The van der Waals surface area contributed by atoms with Gasteiger partial charge in [0.2, 0.25) is 0 Å². The SMILES string of the molecule is [CH3][Al-]([CH3])([CH3])[CH3].[CH3][Al-]([CH3])([CH3])[CH3].[CH3][Al-]([CH3])([CH3])[CH3].[Ce+3]. The summed E-state index contributed by atoms with van der Waals surface area (Å²) in [7, 11) is 0. The Kier molecular flexibility index (Phi) is 20.1. The molecule has 0 aromatic carbocycles. The third-order valence-corrected chi connectivity index (χ3v) is 0. The number of rotatable bonds is 0. The predicted octanol–water partition coefficient (Wildman–Crippen LogP) is 5.86. The van der Waals surface area contributed by atoms with Crippen molar-refractivity contribution in [3.8, 4) is 0 Å². The maximum absolute atomic E-state index is 2.35. The van der Waals surface area contributed by atoms with E-state index in [1.54, 1.807) is 0 Å². The van der Waals surface area contributed by atoms with Crippen LogP contribution in [0.1, 0.15) is 0 Å². The maximum atomic E-state index is 2.35. The van der Waals surface area contributed by atoms with Crippen LogP contribution in [0.5, 0.6) is 0 Å². The van der Waals surface area contributed by atoms with E-state index in [0.717, 1.165) is 0 Å². The smallest absolute Gasteiger partial charge is 0.204 e. The molecule has 0 unspecified atom stereocenters. The number of hydrogen-bond acceptors (Lipinski definition) is 0. The zero-order chi connectivity index (χ0) is 13.5. The van der Waals surface area contributed by atoms with Crippen molar-refractivity contribution >= 4 is 39.2 Å². The van der Waals surface area contributed by atoms with Crippen LogP contribution in [0.4, 0.5) is 0 Å². The van der Waals surface area contributed by atoms with Gasteiger partial charge in [0.15, 0.2) is 0 Å². The normalized spacial score (nSPS) is 11.2. The first-order chi connectivity index (χ1) is 6.00. The summed E-state index contributed by atoms with van der Waals surface area (Å²) < 4.78 is 0. The molecule has 0 saturated heterocycles. The summed E-state index contributed by atoms with van der Waals surface area (Å²) >= 11 is -2.50. The van der Waals surface area contributed by atoms with Crippen molar-refractivity contribution in [1.29, 1.82) is 0 Å². The topological polar surface area (TPSA) is 0 Å². The molecule has 0 aliphatic carbocycles. The fourth-order valence-corrected chi connectivity index (χ4v) is 0. The van der Waals surface area contributed by atoms with E-state index in [-0.39, 0.29) is 41.7 Å². The van der Waals surface area contributed by atoms with E-state index in [1.165, 1.54) is 0 Å². The quantitative estimate of drug-likeness (QED) is 0.446. The van der Waals surface area contributed by atoms with Crippen molar-refractivity contribution in [3.63, 3.8) is 0 Å². The Morgan fingerprint density at radius 3 is 0.312 bits per heavy atom. The van der Waals surface area contributed by atoms with Crippen LogP contribution >= 0.6 is 0 Å². The van der Waals surface area contributed by atoms with Crippen LogP contribution in [0.2, 0.25) is 69.4 Å². The third-order valence-electron chi connectivity index (χ3n) is 0. The van der Waals surface area contributed by atoms with E-state index in [1.807, 2.05) is 0 Å². The Morgan fingerprint density at radius 2 is 0.312 bits per heavy atom. The summed E-state index contributed by atoms with van der Waals surface area (Å²) in [4.78, 5) is 0. The molecule has 0 spiro atoms. The Bertz CT molecular complexity index is 91.3. The van der Waals surface area contributed by atoms with Gasteiger partial charge >= 0.3 is 41.7 Å². The van der Waals surface area contributed by atoms with Crippen molar-refractivity contribution < 1.29 is 41.7 Å². The van der Waals surface area contributed by atoms with Gasteiger partial charge in [-0.25, -0.2) is 69.4 Å². The van der Waals surface area contributed by atoms with Crippen LogP contribution in [-0.4, -0.2) is 39.2 Å². The van der Waals surface area contributed by atoms with Crippen LogP contribution in [0.25, 0.3) is 0 Å². The van der Waals surface area contributed by atoms with Crippen molar-refractivity contribution in [1.82, 2.24) is 0 Å². The summed E-state index contributed by atoms with van der Waals surface area (Å²) in [6.45, 7) is 0. The standard InChI is InChI=1S/12CH3.3Al.Ce/h12*1H3;;;;/q;;;;;;;;;;;;3*-1;+3. The van der Waals surface area contributed by atoms with Crippen molar-refractivity contribution in [3.05, 3.63) is 0 Å². The van der Waals surface area contributed by atoms with Crippen LogP contribution in [0.15, 0.2) is 0 Å². The summed E-state index contributed by atoms with van der Waals surface area (Å²) in [6, 6.07) is 0. The van der Waals surface area contributed by atoms with Gasteiger partial charge in [0.1, 0.15) is 39.2 Å². The fraction of sp³-hybridized carbons (Fsp3) is 1.00. The summed E-state index contributed by atoms with van der Waals surface area (Å²) in [5, 5.41) is 0. The minimum atomic E-state index is -0.833. The van der Waals surface area contributed by atoms with Gasteiger partial charge in [0.05, 0.1) is 0 Å². The Hall–Kier alpha value is 2.97. The zero-order valence-electron chi connectivity index (χ0n) is 14.2. The molecule has 0 amide bonds. The van der Waals surface area contributed by atoms with E-state index in [2.05, 4.69) is 69.4 Å². The minimum Gasteiger partial charge on any atom is -0.204 e. The molecule has 0 rings (SSSR count). The molecule has 0 aliphatic heterocycles. The zero-order valence-corrected chi connectivity index (χ0v) is 20.8. The van der Waals surface area contributed by atoms with Crippen molar-refractivity contribution in [2.24, 2.45) is 0 Å². The second kappa shape index (κ2) is 11.8. The van der Waals surface area contributed by atoms with Gasteiger partial charge in [-0.1, -0.05) is 0 Å². The van der Waals surface area contributed by atoms with Gasteiger partial charge in [-0.05, 0) is 0 Å². The van der Waals surface area contributed by atoms with E-state index in [0.29, 0.717) is 0 Å². The second-order valence-corrected chi connectivity index (χ2v) is 31.2. The molecule has 16 heavy (non-hydrogen) atoms. The van der Waals surface area contributed by atoms with Gasteiger partial charge in [0, 0.05) is 0 Å². The Labute approximate surface area is 148 Å². The molecule has 0 nitrogen and oxygen atoms in total. The Balaban J connectivity index is -0.0000000655. The molecular weight excluding hydrogens is 365 g/mol. The van der Waals surface area contributed by atoms with Crippen LogP contribution in [0, 0.1) is 41.7 Å². The van der Waals surface area contributed by atoms with E-state index < -0.39 is 39.2 Å². The van der Waals surface area contributed by atoms with Gasteiger partial charge in [-0.3, -0.25) is 0 Å². The van der Waals surface area contributed by atoms with Gasteiger partial charge in [0.25, 0.3) is 0 Å². The molecule has 0 saturated carbocycles. The molecule has 97 valence electrons. The van der Waals surface area contributed by atoms with E-state index in [4.69, 9.17) is 0 Å².